The highest BCUT2D eigenvalue weighted by atomic mass is 16.2. The second-order valence-corrected chi connectivity index (χ2v) is 7.97. The zero-order valence-electron chi connectivity index (χ0n) is 16.6. The lowest BCUT2D eigenvalue weighted by atomic mass is 9.96. The number of piperidine rings is 1. The summed E-state index contributed by atoms with van der Waals surface area (Å²) in [5, 5.41) is 5.37. The zero-order valence-corrected chi connectivity index (χ0v) is 16.6. The van der Waals surface area contributed by atoms with Crippen molar-refractivity contribution in [1.82, 2.24) is 10.2 Å². The maximum atomic E-state index is 13.1. The minimum atomic E-state index is 0.104. The molecule has 2 amide bonds. The standard InChI is InChI=1S/C23H29N3O2/c1-2-26(21-9-5-7-17-6-3-4-8-20(17)21)22(27)16-25-14-12-18(13-15-25)23(28)24-19-10-11-19/h3-9,18-19H,2,10-16H2,1H3,(H,24,28). The number of likely N-dealkylation sites (N-methyl/N-ethyl adjacent to an activating group) is 1. The van der Waals surface area contributed by atoms with Crippen molar-refractivity contribution >= 4 is 28.3 Å². The molecule has 28 heavy (non-hydrogen) atoms. The molecule has 5 heteroatoms. The molecular weight excluding hydrogens is 350 g/mol. The van der Waals surface area contributed by atoms with Gasteiger partial charge in [-0.2, -0.15) is 0 Å². The average molecular weight is 380 g/mol. The minimum Gasteiger partial charge on any atom is -0.353 e. The number of likely N-dealkylation sites (tertiary alicyclic amines) is 1. The number of hydrogen-bond donors (Lipinski definition) is 1. The first-order valence-corrected chi connectivity index (χ1v) is 10.5. The van der Waals surface area contributed by atoms with E-state index in [2.05, 4.69) is 28.4 Å². The number of hydrogen-bond acceptors (Lipinski definition) is 3. The SMILES string of the molecule is CCN(C(=O)CN1CCC(C(=O)NC2CC2)CC1)c1cccc2ccccc12. The molecule has 0 aromatic heterocycles. The van der Waals surface area contributed by atoms with Crippen molar-refractivity contribution in [3.8, 4) is 0 Å². The number of carbonyl (C=O) groups excluding carboxylic acids is 2. The van der Waals surface area contributed by atoms with Gasteiger partial charge in [-0.3, -0.25) is 14.5 Å². The van der Waals surface area contributed by atoms with Gasteiger partial charge in [0.1, 0.15) is 0 Å². The fourth-order valence-corrected chi connectivity index (χ4v) is 4.10. The molecule has 5 nitrogen and oxygen atoms in total. The summed E-state index contributed by atoms with van der Waals surface area (Å²) in [6.07, 6.45) is 3.93. The molecular formula is C23H29N3O2. The first-order valence-electron chi connectivity index (χ1n) is 10.5. The maximum Gasteiger partial charge on any atom is 0.241 e. The van der Waals surface area contributed by atoms with E-state index < -0.39 is 0 Å². The first kappa shape index (κ1) is 18.9. The van der Waals surface area contributed by atoms with Crippen LogP contribution < -0.4 is 10.2 Å². The topological polar surface area (TPSA) is 52.7 Å². The molecule has 4 rings (SSSR count). The van der Waals surface area contributed by atoms with Crippen LogP contribution in [0.4, 0.5) is 5.69 Å². The van der Waals surface area contributed by atoms with Gasteiger partial charge in [0.15, 0.2) is 0 Å². The number of amides is 2. The average Bonchev–Trinajstić information content (AvgIpc) is 3.53. The molecule has 1 saturated heterocycles. The van der Waals surface area contributed by atoms with Gasteiger partial charge in [-0.1, -0.05) is 36.4 Å². The molecule has 0 unspecified atom stereocenters. The fraction of sp³-hybridized carbons (Fsp3) is 0.478. The Bertz CT molecular complexity index is 849. The first-order chi connectivity index (χ1) is 13.7. The third-order valence-corrected chi connectivity index (χ3v) is 5.92. The van der Waals surface area contributed by atoms with Gasteiger partial charge in [-0.15, -0.1) is 0 Å². The van der Waals surface area contributed by atoms with Crippen LogP contribution in [0.25, 0.3) is 10.8 Å². The highest BCUT2D eigenvalue weighted by molar-refractivity contribution is 6.04. The van der Waals surface area contributed by atoms with Gasteiger partial charge in [-0.05, 0) is 57.1 Å². The Hall–Kier alpha value is -2.40. The number of nitrogens with zero attached hydrogens (tertiary/aromatic N) is 2. The van der Waals surface area contributed by atoms with Crippen LogP contribution in [0.15, 0.2) is 42.5 Å². The van der Waals surface area contributed by atoms with E-state index in [1.165, 1.54) is 0 Å². The molecule has 1 N–H and O–H groups in total. The monoisotopic (exact) mass is 379 g/mol. The van der Waals surface area contributed by atoms with E-state index in [4.69, 9.17) is 0 Å². The minimum absolute atomic E-state index is 0.104. The largest absolute Gasteiger partial charge is 0.353 e. The molecule has 2 aromatic rings. The lowest BCUT2D eigenvalue weighted by Gasteiger charge is -2.32. The Morgan fingerprint density at radius 2 is 1.75 bits per heavy atom. The summed E-state index contributed by atoms with van der Waals surface area (Å²) in [5.41, 5.74) is 0.976. The summed E-state index contributed by atoms with van der Waals surface area (Å²) in [6, 6.07) is 14.7. The number of nitrogens with one attached hydrogen (secondary N) is 1. The van der Waals surface area contributed by atoms with E-state index in [1.54, 1.807) is 0 Å². The molecule has 0 bridgehead atoms. The van der Waals surface area contributed by atoms with Crippen LogP contribution >= 0.6 is 0 Å². The highest BCUT2D eigenvalue weighted by Gasteiger charge is 2.30. The van der Waals surface area contributed by atoms with E-state index in [-0.39, 0.29) is 17.7 Å². The molecule has 0 atom stereocenters. The quantitative estimate of drug-likeness (QED) is 0.839. The third kappa shape index (κ3) is 4.20. The molecule has 0 radical (unpaired) electrons. The van der Waals surface area contributed by atoms with Gasteiger partial charge < -0.3 is 10.2 Å². The number of fused-ring (bicyclic) bond motifs is 1. The van der Waals surface area contributed by atoms with Crippen molar-refractivity contribution in [3.05, 3.63) is 42.5 Å². The molecule has 148 valence electrons. The molecule has 2 aromatic carbocycles. The van der Waals surface area contributed by atoms with Crippen molar-refractivity contribution in [2.75, 3.05) is 31.1 Å². The van der Waals surface area contributed by atoms with Crippen LogP contribution in [0.5, 0.6) is 0 Å². The van der Waals surface area contributed by atoms with Crippen LogP contribution in [0.3, 0.4) is 0 Å². The Kier molecular flexibility index (Phi) is 5.62. The summed E-state index contributed by atoms with van der Waals surface area (Å²) < 4.78 is 0. The predicted molar refractivity (Wildman–Crippen MR) is 112 cm³/mol. The fourth-order valence-electron chi connectivity index (χ4n) is 4.10. The van der Waals surface area contributed by atoms with Gasteiger partial charge >= 0.3 is 0 Å². The van der Waals surface area contributed by atoms with Crippen LogP contribution in [0, 0.1) is 5.92 Å². The summed E-state index contributed by atoms with van der Waals surface area (Å²) in [7, 11) is 0. The molecule has 1 saturated carbocycles. The van der Waals surface area contributed by atoms with Crippen molar-refractivity contribution in [2.45, 2.75) is 38.6 Å². The molecule has 1 aliphatic heterocycles. The normalized spacial score (nSPS) is 18.2. The molecule has 1 heterocycles. The third-order valence-electron chi connectivity index (χ3n) is 5.92. The van der Waals surface area contributed by atoms with Crippen LogP contribution in [-0.4, -0.2) is 48.9 Å². The van der Waals surface area contributed by atoms with Crippen molar-refractivity contribution in [2.24, 2.45) is 5.92 Å². The number of rotatable bonds is 6. The summed E-state index contributed by atoms with van der Waals surface area (Å²) in [5.74, 6) is 0.437. The predicted octanol–water partition coefficient (Wildman–Crippen LogP) is 3.18. The Morgan fingerprint density at radius 3 is 2.46 bits per heavy atom. The van der Waals surface area contributed by atoms with Crippen LogP contribution in [0.2, 0.25) is 0 Å². The Morgan fingerprint density at radius 1 is 1.04 bits per heavy atom. The van der Waals surface area contributed by atoms with Crippen LogP contribution in [0.1, 0.15) is 32.6 Å². The summed E-state index contributed by atoms with van der Waals surface area (Å²) >= 11 is 0. The lowest BCUT2D eigenvalue weighted by molar-refractivity contribution is -0.126. The number of anilines is 1. The van der Waals surface area contributed by atoms with E-state index in [0.29, 0.717) is 19.1 Å². The van der Waals surface area contributed by atoms with E-state index in [1.807, 2.05) is 36.1 Å². The van der Waals surface area contributed by atoms with Gasteiger partial charge in [0.2, 0.25) is 11.8 Å². The highest BCUT2D eigenvalue weighted by Crippen LogP contribution is 2.27. The van der Waals surface area contributed by atoms with E-state index in [9.17, 15) is 9.59 Å². The van der Waals surface area contributed by atoms with Crippen LogP contribution in [-0.2, 0) is 9.59 Å². The number of carbonyl (C=O) groups is 2. The molecule has 2 aliphatic rings. The smallest absolute Gasteiger partial charge is 0.241 e. The zero-order chi connectivity index (χ0) is 19.5. The van der Waals surface area contributed by atoms with Crippen molar-refractivity contribution in [1.29, 1.82) is 0 Å². The van der Waals surface area contributed by atoms with Crippen molar-refractivity contribution < 1.29 is 9.59 Å². The van der Waals surface area contributed by atoms with E-state index >= 15 is 0 Å². The van der Waals surface area contributed by atoms with Gasteiger partial charge in [0.25, 0.3) is 0 Å². The molecule has 2 fully saturated rings. The Balaban J connectivity index is 1.38. The second kappa shape index (κ2) is 8.31. The summed E-state index contributed by atoms with van der Waals surface area (Å²) in [6.45, 7) is 4.69. The molecule has 1 aliphatic carbocycles. The number of benzene rings is 2. The molecule has 0 spiro atoms. The Labute approximate surface area is 166 Å². The van der Waals surface area contributed by atoms with Gasteiger partial charge in [-0.25, -0.2) is 0 Å². The lowest BCUT2D eigenvalue weighted by Crippen LogP contribution is -2.46. The van der Waals surface area contributed by atoms with Gasteiger partial charge in [0, 0.05) is 23.9 Å². The maximum absolute atomic E-state index is 13.1. The van der Waals surface area contributed by atoms with Gasteiger partial charge in [0.05, 0.1) is 12.2 Å². The summed E-state index contributed by atoms with van der Waals surface area (Å²) in [4.78, 5) is 29.4. The van der Waals surface area contributed by atoms with Crippen molar-refractivity contribution in [3.63, 3.8) is 0 Å². The van der Waals surface area contributed by atoms with E-state index in [0.717, 1.165) is 55.2 Å². The second-order valence-electron chi connectivity index (χ2n) is 7.97.